The molecule has 0 heterocycles. The Morgan fingerprint density at radius 2 is 1.67 bits per heavy atom. The van der Waals surface area contributed by atoms with E-state index in [1.807, 2.05) is 13.0 Å². The van der Waals surface area contributed by atoms with Crippen LogP contribution < -0.4 is 4.74 Å². The summed E-state index contributed by atoms with van der Waals surface area (Å²) in [4.78, 5) is 24.2. The van der Waals surface area contributed by atoms with Crippen molar-refractivity contribution in [2.24, 2.45) is 0 Å². The molecule has 0 saturated heterocycles. The number of rotatable bonds is 6. The molecular formula is C15H19BrO5. The predicted octanol–water partition coefficient (Wildman–Crippen LogP) is 3.02. The van der Waals surface area contributed by atoms with E-state index < -0.39 is 17.5 Å². The Kier molecular flexibility index (Phi) is 6.20. The fourth-order valence-corrected chi connectivity index (χ4v) is 2.13. The van der Waals surface area contributed by atoms with Gasteiger partial charge in [-0.05, 0) is 51.5 Å². The summed E-state index contributed by atoms with van der Waals surface area (Å²) in [5.74, 6) is -1.13. The predicted molar refractivity (Wildman–Crippen MR) is 81.2 cm³/mol. The van der Waals surface area contributed by atoms with E-state index in [0.717, 1.165) is 10.0 Å². The van der Waals surface area contributed by atoms with Crippen molar-refractivity contribution in [3.8, 4) is 5.75 Å². The number of hydrogen-bond acceptors (Lipinski definition) is 5. The molecule has 5 nitrogen and oxygen atoms in total. The fourth-order valence-electron chi connectivity index (χ4n) is 1.65. The van der Waals surface area contributed by atoms with Crippen molar-refractivity contribution in [1.29, 1.82) is 0 Å². The summed E-state index contributed by atoms with van der Waals surface area (Å²) < 4.78 is 16.4. The fraction of sp³-hybridized carbons (Fsp3) is 0.467. The van der Waals surface area contributed by atoms with Crippen LogP contribution in [-0.4, -0.2) is 30.8 Å². The lowest BCUT2D eigenvalue weighted by Gasteiger charge is -2.26. The molecule has 0 spiro atoms. The van der Waals surface area contributed by atoms with Gasteiger partial charge in [-0.15, -0.1) is 0 Å². The summed E-state index contributed by atoms with van der Waals surface area (Å²) in [6.45, 7) is 6.79. The second kappa shape index (κ2) is 7.45. The lowest BCUT2D eigenvalue weighted by atomic mass is 10.1. The van der Waals surface area contributed by atoms with Gasteiger partial charge in [0.1, 0.15) is 5.75 Å². The zero-order valence-corrected chi connectivity index (χ0v) is 14.2. The average Bonchev–Trinajstić information content (AvgIpc) is 2.42. The molecule has 0 fully saturated rings. The van der Waals surface area contributed by atoms with Gasteiger partial charge in [-0.3, -0.25) is 0 Å². The number of hydrogen-bond donors (Lipinski definition) is 0. The Morgan fingerprint density at radius 3 is 2.10 bits per heavy atom. The van der Waals surface area contributed by atoms with Crippen LogP contribution in [0.25, 0.3) is 0 Å². The molecule has 116 valence electrons. The van der Waals surface area contributed by atoms with Gasteiger partial charge in [-0.2, -0.15) is 0 Å². The minimum Gasteiger partial charge on any atom is -0.464 e. The van der Waals surface area contributed by atoms with Gasteiger partial charge in [-0.1, -0.05) is 15.9 Å². The van der Waals surface area contributed by atoms with Crippen molar-refractivity contribution in [1.82, 2.24) is 0 Å². The average molecular weight is 359 g/mol. The van der Waals surface area contributed by atoms with Gasteiger partial charge in [0.25, 0.3) is 5.60 Å². The van der Waals surface area contributed by atoms with Gasteiger partial charge in [0.2, 0.25) is 0 Å². The van der Waals surface area contributed by atoms with Crippen LogP contribution in [0.2, 0.25) is 0 Å². The van der Waals surface area contributed by atoms with Crippen LogP contribution in [0.5, 0.6) is 5.75 Å². The maximum absolute atomic E-state index is 12.1. The highest BCUT2D eigenvalue weighted by molar-refractivity contribution is 9.10. The Morgan fingerprint density at radius 1 is 1.14 bits per heavy atom. The first-order valence-electron chi connectivity index (χ1n) is 6.64. The van der Waals surface area contributed by atoms with Gasteiger partial charge >= 0.3 is 11.9 Å². The van der Waals surface area contributed by atoms with Crippen LogP contribution in [0.15, 0.2) is 22.7 Å². The van der Waals surface area contributed by atoms with Crippen molar-refractivity contribution in [3.63, 3.8) is 0 Å². The number of aryl methyl sites for hydroxylation is 1. The summed E-state index contributed by atoms with van der Waals surface area (Å²) in [5.41, 5.74) is -1.05. The molecular weight excluding hydrogens is 340 g/mol. The molecule has 0 aliphatic carbocycles. The Labute approximate surface area is 132 Å². The zero-order valence-electron chi connectivity index (χ0n) is 12.6. The second-order valence-electron chi connectivity index (χ2n) is 4.49. The van der Waals surface area contributed by atoms with Gasteiger partial charge in [0, 0.05) is 4.47 Å². The summed E-state index contributed by atoms with van der Waals surface area (Å²) in [5, 5.41) is 0. The molecule has 21 heavy (non-hydrogen) atoms. The molecule has 0 unspecified atom stereocenters. The summed E-state index contributed by atoms with van der Waals surface area (Å²) >= 11 is 3.34. The van der Waals surface area contributed by atoms with Crippen LogP contribution in [-0.2, 0) is 19.1 Å². The van der Waals surface area contributed by atoms with E-state index in [4.69, 9.17) is 14.2 Å². The van der Waals surface area contributed by atoms with E-state index in [9.17, 15) is 9.59 Å². The number of carbonyl (C=O) groups excluding carboxylic acids is 2. The molecule has 0 aliphatic rings. The SMILES string of the molecule is CCOC(=O)C(C)(Oc1ccc(Br)cc1C)C(=O)OCC. The first-order valence-corrected chi connectivity index (χ1v) is 7.44. The van der Waals surface area contributed by atoms with Crippen LogP contribution in [0.1, 0.15) is 26.3 Å². The minimum absolute atomic E-state index is 0.149. The van der Waals surface area contributed by atoms with Crippen molar-refractivity contribution in [3.05, 3.63) is 28.2 Å². The van der Waals surface area contributed by atoms with E-state index in [2.05, 4.69) is 15.9 Å². The lowest BCUT2D eigenvalue weighted by molar-refractivity contribution is -0.177. The van der Waals surface area contributed by atoms with E-state index in [0.29, 0.717) is 5.75 Å². The van der Waals surface area contributed by atoms with E-state index >= 15 is 0 Å². The van der Waals surface area contributed by atoms with Crippen molar-refractivity contribution >= 4 is 27.9 Å². The van der Waals surface area contributed by atoms with Crippen LogP contribution in [0.3, 0.4) is 0 Å². The molecule has 0 bridgehead atoms. The topological polar surface area (TPSA) is 61.8 Å². The molecule has 1 rings (SSSR count). The third kappa shape index (κ3) is 4.20. The van der Waals surface area contributed by atoms with Gasteiger partial charge in [-0.25, -0.2) is 9.59 Å². The van der Waals surface area contributed by atoms with Gasteiger partial charge < -0.3 is 14.2 Å². The van der Waals surface area contributed by atoms with Crippen LogP contribution in [0, 0.1) is 6.92 Å². The highest BCUT2D eigenvalue weighted by Gasteiger charge is 2.47. The van der Waals surface area contributed by atoms with Gasteiger partial charge in [0.15, 0.2) is 0 Å². The molecule has 0 atom stereocenters. The zero-order chi connectivity index (χ0) is 16.0. The van der Waals surface area contributed by atoms with Crippen molar-refractivity contribution in [2.75, 3.05) is 13.2 Å². The van der Waals surface area contributed by atoms with E-state index in [1.54, 1.807) is 26.0 Å². The lowest BCUT2D eigenvalue weighted by Crippen LogP contribution is -2.51. The standard InChI is InChI=1S/C15H19BrO5/c1-5-19-13(17)15(4,14(18)20-6-2)21-12-8-7-11(16)9-10(12)3/h7-9H,5-6H2,1-4H3. The smallest absolute Gasteiger partial charge is 0.362 e. The number of halogens is 1. The summed E-state index contributed by atoms with van der Waals surface area (Å²) in [6, 6.07) is 5.27. The molecule has 1 aromatic carbocycles. The van der Waals surface area contributed by atoms with E-state index in [-0.39, 0.29) is 13.2 Å². The second-order valence-corrected chi connectivity index (χ2v) is 5.40. The summed E-state index contributed by atoms with van der Waals surface area (Å²) in [7, 11) is 0. The molecule has 1 aromatic rings. The highest BCUT2D eigenvalue weighted by Crippen LogP contribution is 2.27. The molecule has 0 radical (unpaired) electrons. The maximum atomic E-state index is 12.1. The number of esters is 2. The highest BCUT2D eigenvalue weighted by atomic mass is 79.9. The molecule has 0 N–H and O–H groups in total. The van der Waals surface area contributed by atoms with Crippen LogP contribution >= 0.6 is 15.9 Å². The molecule has 0 amide bonds. The largest absolute Gasteiger partial charge is 0.464 e. The monoisotopic (exact) mass is 358 g/mol. The minimum atomic E-state index is -1.83. The molecule has 0 aliphatic heterocycles. The third-order valence-corrected chi connectivity index (χ3v) is 3.27. The van der Waals surface area contributed by atoms with Crippen LogP contribution in [0.4, 0.5) is 0 Å². The van der Waals surface area contributed by atoms with Crippen molar-refractivity contribution in [2.45, 2.75) is 33.3 Å². The maximum Gasteiger partial charge on any atom is 0.362 e. The Balaban J connectivity index is 3.12. The third-order valence-electron chi connectivity index (χ3n) is 2.78. The Bertz CT molecular complexity index is 509. The molecule has 0 saturated carbocycles. The molecule has 6 heteroatoms. The Hall–Kier alpha value is -1.56. The quantitative estimate of drug-likeness (QED) is 0.577. The normalized spacial score (nSPS) is 10.9. The van der Waals surface area contributed by atoms with Crippen molar-refractivity contribution < 1.29 is 23.8 Å². The number of carbonyl (C=O) groups is 2. The first kappa shape index (κ1) is 17.5. The van der Waals surface area contributed by atoms with Gasteiger partial charge in [0.05, 0.1) is 13.2 Å². The first-order chi connectivity index (χ1) is 9.85. The summed E-state index contributed by atoms with van der Waals surface area (Å²) in [6.07, 6.45) is 0. The number of ether oxygens (including phenoxy) is 3. The number of benzene rings is 1. The van der Waals surface area contributed by atoms with E-state index in [1.165, 1.54) is 6.92 Å². The molecule has 0 aromatic heterocycles.